The molecule has 108 valence electrons. The van der Waals surface area contributed by atoms with Crippen LogP contribution >= 0.6 is 22.9 Å². The van der Waals surface area contributed by atoms with Gasteiger partial charge in [0.2, 0.25) is 0 Å². The van der Waals surface area contributed by atoms with Crippen molar-refractivity contribution in [3.63, 3.8) is 0 Å². The third kappa shape index (κ3) is 2.52. The van der Waals surface area contributed by atoms with Gasteiger partial charge in [-0.25, -0.2) is 4.98 Å². The lowest BCUT2D eigenvalue weighted by molar-refractivity contribution is 0.249. The molecular weight excluding hydrogens is 290 g/mol. The summed E-state index contributed by atoms with van der Waals surface area (Å²) >= 11 is 8.01. The van der Waals surface area contributed by atoms with E-state index in [9.17, 15) is 0 Å². The monoisotopic (exact) mass is 309 g/mol. The van der Waals surface area contributed by atoms with Gasteiger partial charge in [0.1, 0.15) is 0 Å². The van der Waals surface area contributed by atoms with Crippen molar-refractivity contribution in [3.05, 3.63) is 22.7 Å². The lowest BCUT2D eigenvalue weighted by Crippen LogP contribution is -2.41. The molecule has 0 bridgehead atoms. The van der Waals surface area contributed by atoms with E-state index < -0.39 is 0 Å². The van der Waals surface area contributed by atoms with E-state index in [1.165, 1.54) is 18.4 Å². The molecule has 2 heterocycles. The number of thiazole rings is 1. The first-order valence-electron chi connectivity index (χ1n) is 7.03. The van der Waals surface area contributed by atoms with Crippen molar-refractivity contribution in [1.29, 1.82) is 0 Å². The van der Waals surface area contributed by atoms with Crippen molar-refractivity contribution in [2.24, 2.45) is 0 Å². The van der Waals surface area contributed by atoms with Crippen LogP contribution < -0.4 is 4.90 Å². The predicted octanol–water partition coefficient (Wildman–Crippen LogP) is 3.79. The first-order valence-corrected chi connectivity index (χ1v) is 8.22. The number of halogens is 1. The quantitative estimate of drug-likeness (QED) is 0.841. The van der Waals surface area contributed by atoms with Gasteiger partial charge in [-0.05, 0) is 45.5 Å². The van der Waals surface area contributed by atoms with Crippen molar-refractivity contribution in [3.8, 4) is 0 Å². The number of nitrogens with zero attached hydrogens (tertiary/aromatic N) is 3. The van der Waals surface area contributed by atoms with Crippen LogP contribution in [0.5, 0.6) is 0 Å². The molecule has 1 aromatic carbocycles. The zero-order chi connectivity index (χ0) is 14.3. The first kappa shape index (κ1) is 14.1. The van der Waals surface area contributed by atoms with Gasteiger partial charge in [0.25, 0.3) is 0 Å². The van der Waals surface area contributed by atoms with Crippen molar-refractivity contribution in [2.75, 3.05) is 32.1 Å². The molecule has 1 aliphatic rings. The van der Waals surface area contributed by atoms with E-state index in [2.05, 4.69) is 30.8 Å². The Morgan fingerprint density at radius 2 is 2.00 bits per heavy atom. The van der Waals surface area contributed by atoms with Gasteiger partial charge in [-0.15, -0.1) is 0 Å². The number of piperidine rings is 1. The second-order valence-electron chi connectivity index (χ2n) is 5.72. The molecule has 1 fully saturated rings. The molecule has 0 amide bonds. The minimum Gasteiger partial charge on any atom is -0.348 e. The fraction of sp³-hybridized carbons (Fsp3) is 0.533. The van der Waals surface area contributed by atoms with Crippen molar-refractivity contribution < 1.29 is 0 Å². The van der Waals surface area contributed by atoms with E-state index in [1.54, 1.807) is 11.3 Å². The maximum absolute atomic E-state index is 6.29. The topological polar surface area (TPSA) is 19.4 Å². The summed E-state index contributed by atoms with van der Waals surface area (Å²) in [7, 11) is 4.34. The molecule has 0 spiro atoms. The molecular formula is C15H20ClN3S. The molecule has 0 N–H and O–H groups in total. The van der Waals surface area contributed by atoms with Gasteiger partial charge in [0.15, 0.2) is 5.13 Å². The van der Waals surface area contributed by atoms with E-state index in [1.807, 2.05) is 12.1 Å². The predicted molar refractivity (Wildman–Crippen MR) is 88.3 cm³/mol. The smallest absolute Gasteiger partial charge is 0.186 e. The maximum atomic E-state index is 6.29. The molecule has 0 radical (unpaired) electrons. The average Bonchev–Trinajstić information content (AvgIpc) is 2.89. The fourth-order valence-corrected chi connectivity index (χ4v) is 4.17. The summed E-state index contributed by atoms with van der Waals surface area (Å²) < 4.78 is 1.12. The molecule has 3 rings (SSSR count). The summed E-state index contributed by atoms with van der Waals surface area (Å²) in [5.74, 6) is 0. The van der Waals surface area contributed by atoms with E-state index in [0.29, 0.717) is 6.04 Å². The highest BCUT2D eigenvalue weighted by Crippen LogP contribution is 2.36. The molecule has 20 heavy (non-hydrogen) atoms. The molecule has 0 saturated carbocycles. The Morgan fingerprint density at radius 1 is 1.30 bits per heavy atom. The van der Waals surface area contributed by atoms with Gasteiger partial charge in [0.05, 0.1) is 15.2 Å². The van der Waals surface area contributed by atoms with Crippen molar-refractivity contribution in [2.45, 2.75) is 25.8 Å². The molecule has 0 aliphatic carbocycles. The number of hydrogen-bond donors (Lipinski definition) is 0. The number of benzene rings is 1. The van der Waals surface area contributed by atoms with Crippen LogP contribution in [0.4, 0.5) is 5.13 Å². The third-order valence-corrected chi connectivity index (χ3v) is 5.73. The Kier molecular flexibility index (Phi) is 3.89. The van der Waals surface area contributed by atoms with Gasteiger partial charge in [-0.2, -0.15) is 0 Å². The first-order chi connectivity index (χ1) is 9.56. The Bertz CT molecular complexity index is 576. The second-order valence-corrected chi connectivity index (χ2v) is 7.11. The molecule has 2 aromatic rings. The number of anilines is 1. The van der Waals surface area contributed by atoms with E-state index in [0.717, 1.165) is 33.5 Å². The summed E-state index contributed by atoms with van der Waals surface area (Å²) in [6.07, 6.45) is 2.41. The molecule has 0 atom stereocenters. The summed E-state index contributed by atoms with van der Waals surface area (Å²) in [6, 6.07) is 4.72. The SMILES string of the molecule is Cc1ccc(Cl)c2sc(N3CCC(N(C)C)CC3)nc12. The summed E-state index contributed by atoms with van der Waals surface area (Å²) in [6.45, 7) is 4.26. The van der Waals surface area contributed by atoms with Gasteiger partial charge >= 0.3 is 0 Å². The van der Waals surface area contributed by atoms with Crippen molar-refractivity contribution in [1.82, 2.24) is 9.88 Å². The van der Waals surface area contributed by atoms with Gasteiger partial charge in [-0.1, -0.05) is 29.0 Å². The number of hydrogen-bond acceptors (Lipinski definition) is 4. The van der Waals surface area contributed by atoms with Crippen LogP contribution in [0.15, 0.2) is 12.1 Å². The average molecular weight is 310 g/mol. The van der Waals surface area contributed by atoms with Crippen molar-refractivity contribution >= 4 is 38.3 Å². The molecule has 1 aromatic heterocycles. The summed E-state index contributed by atoms with van der Waals surface area (Å²) in [4.78, 5) is 9.55. The van der Waals surface area contributed by atoms with Crippen LogP contribution in [-0.2, 0) is 0 Å². The number of rotatable bonds is 2. The second kappa shape index (κ2) is 5.51. The molecule has 5 heteroatoms. The highest BCUT2D eigenvalue weighted by Gasteiger charge is 2.23. The minimum atomic E-state index is 0.700. The van der Waals surface area contributed by atoms with E-state index >= 15 is 0 Å². The van der Waals surface area contributed by atoms with Crippen LogP contribution in [0.2, 0.25) is 5.02 Å². The van der Waals surface area contributed by atoms with E-state index in [4.69, 9.17) is 16.6 Å². The fourth-order valence-electron chi connectivity index (χ4n) is 2.80. The van der Waals surface area contributed by atoms with Crippen LogP contribution in [0, 0.1) is 6.92 Å². The lowest BCUT2D eigenvalue weighted by atomic mass is 10.0. The lowest BCUT2D eigenvalue weighted by Gasteiger charge is -2.34. The Hall–Kier alpha value is -0.840. The highest BCUT2D eigenvalue weighted by molar-refractivity contribution is 7.22. The molecule has 0 unspecified atom stereocenters. The zero-order valence-electron chi connectivity index (χ0n) is 12.2. The van der Waals surface area contributed by atoms with Gasteiger partial charge in [-0.3, -0.25) is 0 Å². The Labute approximate surface area is 129 Å². The molecule has 1 aliphatic heterocycles. The van der Waals surface area contributed by atoms with E-state index in [-0.39, 0.29) is 0 Å². The number of fused-ring (bicyclic) bond motifs is 1. The van der Waals surface area contributed by atoms with Crippen LogP contribution in [0.3, 0.4) is 0 Å². The number of aromatic nitrogens is 1. The van der Waals surface area contributed by atoms with Crippen LogP contribution in [-0.4, -0.2) is 43.1 Å². The normalized spacial score (nSPS) is 17.4. The van der Waals surface area contributed by atoms with Gasteiger partial charge in [0, 0.05) is 19.1 Å². The van der Waals surface area contributed by atoms with Gasteiger partial charge < -0.3 is 9.80 Å². The summed E-state index contributed by atoms with van der Waals surface area (Å²) in [5.41, 5.74) is 2.27. The largest absolute Gasteiger partial charge is 0.348 e. The third-order valence-electron chi connectivity index (χ3n) is 4.15. The zero-order valence-corrected chi connectivity index (χ0v) is 13.8. The highest BCUT2D eigenvalue weighted by atomic mass is 35.5. The maximum Gasteiger partial charge on any atom is 0.186 e. The standard InChI is InChI=1S/C15H20ClN3S/c1-10-4-5-12(16)14-13(10)17-15(20-14)19-8-6-11(7-9-19)18(2)3/h4-5,11H,6-9H2,1-3H3. The molecule has 3 nitrogen and oxygen atoms in total. The Balaban J connectivity index is 1.85. The van der Waals surface area contributed by atoms with Crippen LogP contribution in [0.1, 0.15) is 18.4 Å². The molecule has 1 saturated heterocycles. The Morgan fingerprint density at radius 3 is 2.60 bits per heavy atom. The number of aryl methyl sites for hydroxylation is 1. The summed E-state index contributed by atoms with van der Waals surface area (Å²) in [5, 5.41) is 1.94. The van der Waals surface area contributed by atoms with Crippen LogP contribution in [0.25, 0.3) is 10.2 Å². The minimum absolute atomic E-state index is 0.700.